The fraction of sp³-hybridized carbons (Fsp3) is 0.0769. The molecule has 0 unspecified atom stereocenters. The molecule has 4 nitrogen and oxygen atoms in total. The summed E-state index contributed by atoms with van der Waals surface area (Å²) in [5.41, 5.74) is 1.64. The number of nitrogens with one attached hydrogen (secondary N) is 1. The van der Waals surface area contributed by atoms with Crippen LogP contribution < -0.4 is 5.32 Å². The van der Waals surface area contributed by atoms with Crippen molar-refractivity contribution < 1.29 is 14.3 Å². The molecule has 18 heavy (non-hydrogen) atoms. The summed E-state index contributed by atoms with van der Waals surface area (Å²) >= 11 is 0. The number of halogens is 1. The number of nitrogens with zero attached hydrogens (tertiary/aromatic N) is 1. The Balaban J connectivity index is 1.97. The number of aromatic nitrogens is 1. The zero-order valence-electron chi connectivity index (χ0n) is 9.43. The quantitative estimate of drug-likeness (QED) is 0.870. The molecule has 0 atom stereocenters. The number of hydrogen-bond donors (Lipinski definition) is 2. The van der Waals surface area contributed by atoms with Gasteiger partial charge in [-0.05, 0) is 36.4 Å². The van der Waals surface area contributed by atoms with Gasteiger partial charge in [0.2, 0.25) is 0 Å². The highest BCUT2D eigenvalue weighted by Crippen LogP contribution is 2.09. The van der Waals surface area contributed by atoms with E-state index in [4.69, 9.17) is 5.11 Å². The smallest absolute Gasteiger partial charge is 0.337 e. The van der Waals surface area contributed by atoms with Crippen LogP contribution in [0.3, 0.4) is 0 Å². The standard InChI is InChI=1S/C13H11FN2O2/c14-10-2-5-11(6-3-10)16-8-12-4-1-9(7-15-12)13(17)18/h1-7,16H,8H2,(H,17,18). The van der Waals surface area contributed by atoms with Crippen LogP contribution in [0, 0.1) is 5.82 Å². The number of pyridine rings is 1. The normalized spacial score (nSPS) is 10.1. The third-order valence-electron chi connectivity index (χ3n) is 2.39. The van der Waals surface area contributed by atoms with Gasteiger partial charge in [0.05, 0.1) is 17.8 Å². The van der Waals surface area contributed by atoms with Crippen molar-refractivity contribution in [2.45, 2.75) is 6.54 Å². The highest BCUT2D eigenvalue weighted by molar-refractivity contribution is 5.87. The van der Waals surface area contributed by atoms with E-state index in [1.807, 2.05) is 0 Å². The molecule has 1 aromatic heterocycles. The highest BCUT2D eigenvalue weighted by atomic mass is 19.1. The van der Waals surface area contributed by atoms with E-state index in [-0.39, 0.29) is 11.4 Å². The molecule has 5 heteroatoms. The molecule has 0 saturated carbocycles. The first-order chi connectivity index (χ1) is 8.65. The Hall–Kier alpha value is -2.43. The van der Waals surface area contributed by atoms with Crippen molar-refractivity contribution in [1.82, 2.24) is 4.98 Å². The van der Waals surface area contributed by atoms with Gasteiger partial charge in [-0.25, -0.2) is 9.18 Å². The Morgan fingerprint density at radius 2 is 1.94 bits per heavy atom. The lowest BCUT2D eigenvalue weighted by atomic mass is 10.2. The van der Waals surface area contributed by atoms with Gasteiger partial charge in [-0.15, -0.1) is 0 Å². The monoisotopic (exact) mass is 246 g/mol. The van der Waals surface area contributed by atoms with Gasteiger partial charge in [-0.1, -0.05) is 0 Å². The van der Waals surface area contributed by atoms with Crippen LogP contribution in [-0.4, -0.2) is 16.1 Å². The molecule has 0 radical (unpaired) electrons. The van der Waals surface area contributed by atoms with Gasteiger partial charge in [0, 0.05) is 11.9 Å². The number of carbonyl (C=O) groups is 1. The van der Waals surface area contributed by atoms with Crippen LogP contribution in [0.2, 0.25) is 0 Å². The third-order valence-corrected chi connectivity index (χ3v) is 2.39. The first-order valence-electron chi connectivity index (χ1n) is 5.33. The van der Waals surface area contributed by atoms with E-state index in [1.165, 1.54) is 24.4 Å². The Bertz CT molecular complexity index is 538. The summed E-state index contributed by atoms with van der Waals surface area (Å²) in [7, 11) is 0. The Kier molecular flexibility index (Phi) is 3.52. The Morgan fingerprint density at radius 3 is 2.50 bits per heavy atom. The van der Waals surface area contributed by atoms with Crippen molar-refractivity contribution in [3.8, 4) is 0 Å². The number of carboxylic acid groups (broad SMARTS) is 1. The van der Waals surface area contributed by atoms with Gasteiger partial charge in [-0.2, -0.15) is 0 Å². The van der Waals surface area contributed by atoms with Crippen LogP contribution in [0.1, 0.15) is 16.1 Å². The van der Waals surface area contributed by atoms with Crippen molar-refractivity contribution in [3.63, 3.8) is 0 Å². The molecule has 2 aromatic rings. The van der Waals surface area contributed by atoms with Crippen molar-refractivity contribution >= 4 is 11.7 Å². The van der Waals surface area contributed by atoms with Gasteiger partial charge < -0.3 is 10.4 Å². The molecule has 2 rings (SSSR count). The second-order valence-corrected chi connectivity index (χ2v) is 3.70. The maximum absolute atomic E-state index is 12.7. The lowest BCUT2D eigenvalue weighted by molar-refractivity contribution is 0.0696. The molecule has 92 valence electrons. The van der Waals surface area contributed by atoms with Crippen LogP contribution in [0.25, 0.3) is 0 Å². The molecular weight excluding hydrogens is 235 g/mol. The molecule has 2 N–H and O–H groups in total. The van der Waals surface area contributed by atoms with E-state index in [0.29, 0.717) is 12.2 Å². The first-order valence-corrected chi connectivity index (χ1v) is 5.33. The van der Waals surface area contributed by atoms with E-state index in [2.05, 4.69) is 10.3 Å². The second kappa shape index (κ2) is 5.27. The SMILES string of the molecule is O=C(O)c1ccc(CNc2ccc(F)cc2)nc1. The molecular formula is C13H11FN2O2. The number of carboxylic acids is 1. The van der Waals surface area contributed by atoms with Crippen LogP contribution in [0.15, 0.2) is 42.6 Å². The zero-order chi connectivity index (χ0) is 13.0. The van der Waals surface area contributed by atoms with E-state index in [1.54, 1.807) is 18.2 Å². The summed E-state index contributed by atoms with van der Waals surface area (Å²) in [4.78, 5) is 14.6. The van der Waals surface area contributed by atoms with E-state index >= 15 is 0 Å². The summed E-state index contributed by atoms with van der Waals surface area (Å²) in [6.45, 7) is 0.450. The van der Waals surface area contributed by atoms with Crippen molar-refractivity contribution in [1.29, 1.82) is 0 Å². The second-order valence-electron chi connectivity index (χ2n) is 3.70. The number of benzene rings is 1. The summed E-state index contributed by atoms with van der Waals surface area (Å²) < 4.78 is 12.7. The van der Waals surface area contributed by atoms with E-state index in [9.17, 15) is 9.18 Å². The topological polar surface area (TPSA) is 62.2 Å². The van der Waals surface area contributed by atoms with E-state index < -0.39 is 5.97 Å². The average Bonchev–Trinajstić information content (AvgIpc) is 2.38. The summed E-state index contributed by atoms with van der Waals surface area (Å²) in [6, 6.07) is 9.12. The number of rotatable bonds is 4. The summed E-state index contributed by atoms with van der Waals surface area (Å²) in [5, 5.41) is 11.8. The Morgan fingerprint density at radius 1 is 1.22 bits per heavy atom. The number of aromatic carboxylic acids is 1. The Labute approximate surface area is 103 Å². The van der Waals surface area contributed by atoms with Crippen LogP contribution in [-0.2, 0) is 6.54 Å². The van der Waals surface area contributed by atoms with Gasteiger partial charge >= 0.3 is 5.97 Å². The highest BCUT2D eigenvalue weighted by Gasteiger charge is 2.02. The fourth-order valence-electron chi connectivity index (χ4n) is 1.42. The molecule has 0 aliphatic heterocycles. The third kappa shape index (κ3) is 3.04. The maximum atomic E-state index is 12.7. The van der Waals surface area contributed by atoms with Crippen molar-refractivity contribution in [2.24, 2.45) is 0 Å². The van der Waals surface area contributed by atoms with Crippen LogP contribution in [0.4, 0.5) is 10.1 Å². The molecule has 0 aliphatic rings. The molecule has 0 amide bonds. The van der Waals surface area contributed by atoms with Crippen molar-refractivity contribution in [3.05, 3.63) is 59.7 Å². The van der Waals surface area contributed by atoms with Gasteiger partial charge in [0.15, 0.2) is 0 Å². The average molecular weight is 246 g/mol. The van der Waals surface area contributed by atoms with Gasteiger partial charge in [0.25, 0.3) is 0 Å². The minimum absolute atomic E-state index is 0.153. The van der Waals surface area contributed by atoms with Gasteiger partial charge in [0.1, 0.15) is 5.82 Å². The predicted octanol–water partition coefficient (Wildman–Crippen LogP) is 2.53. The zero-order valence-corrected chi connectivity index (χ0v) is 9.43. The fourth-order valence-corrected chi connectivity index (χ4v) is 1.42. The molecule has 1 aromatic carbocycles. The number of anilines is 1. The van der Waals surface area contributed by atoms with Crippen LogP contribution >= 0.6 is 0 Å². The lowest BCUT2D eigenvalue weighted by Gasteiger charge is -2.05. The van der Waals surface area contributed by atoms with Crippen molar-refractivity contribution in [2.75, 3.05) is 5.32 Å². The molecule has 0 fully saturated rings. The van der Waals surface area contributed by atoms with E-state index in [0.717, 1.165) is 5.69 Å². The molecule has 0 spiro atoms. The van der Waals surface area contributed by atoms with Gasteiger partial charge in [-0.3, -0.25) is 4.98 Å². The van der Waals surface area contributed by atoms with Crippen LogP contribution in [0.5, 0.6) is 0 Å². The predicted molar refractivity (Wildman–Crippen MR) is 64.9 cm³/mol. The lowest BCUT2D eigenvalue weighted by Crippen LogP contribution is -2.03. The largest absolute Gasteiger partial charge is 0.478 e. The molecule has 0 bridgehead atoms. The molecule has 1 heterocycles. The summed E-state index contributed by atoms with van der Waals surface area (Å²) in [6.07, 6.45) is 1.31. The summed E-state index contributed by atoms with van der Waals surface area (Å²) in [5.74, 6) is -1.29. The number of hydrogen-bond acceptors (Lipinski definition) is 3. The molecule has 0 aliphatic carbocycles. The maximum Gasteiger partial charge on any atom is 0.337 e. The molecule has 0 saturated heterocycles. The minimum Gasteiger partial charge on any atom is -0.478 e. The first kappa shape index (κ1) is 12.0. The minimum atomic E-state index is -0.999.